The van der Waals surface area contributed by atoms with Crippen LogP contribution in [0.25, 0.3) is 0 Å². The largest absolute Gasteiger partial charge is 0.465 e. The highest BCUT2D eigenvalue weighted by Crippen LogP contribution is 2.24. The maximum absolute atomic E-state index is 5.98. The predicted molar refractivity (Wildman–Crippen MR) is 85.5 cm³/mol. The molecule has 4 nitrogen and oxygen atoms in total. The fourth-order valence-corrected chi connectivity index (χ4v) is 3.01. The van der Waals surface area contributed by atoms with Crippen LogP contribution in [0, 0.1) is 6.92 Å². The van der Waals surface area contributed by atoms with Gasteiger partial charge in [0.15, 0.2) is 0 Å². The van der Waals surface area contributed by atoms with Crippen molar-refractivity contribution in [3.05, 3.63) is 54.0 Å². The van der Waals surface area contributed by atoms with Crippen molar-refractivity contribution in [1.29, 1.82) is 0 Å². The molecular weight excluding hydrogens is 262 g/mol. The maximum Gasteiger partial charge on any atom is 0.122 e. The summed E-state index contributed by atoms with van der Waals surface area (Å²) in [6, 6.07) is 14.8. The van der Waals surface area contributed by atoms with Crippen LogP contribution >= 0.6 is 0 Å². The van der Waals surface area contributed by atoms with Gasteiger partial charge in [0.05, 0.1) is 6.04 Å². The Hall–Kier alpha value is -1.78. The Balaban J connectivity index is 1.64. The topological polar surface area (TPSA) is 45.6 Å². The Bertz CT molecular complexity index is 558. The second-order valence-corrected chi connectivity index (χ2v) is 5.56. The number of anilines is 1. The van der Waals surface area contributed by atoms with Crippen molar-refractivity contribution in [2.75, 3.05) is 37.6 Å². The summed E-state index contributed by atoms with van der Waals surface area (Å²) in [6.07, 6.45) is 0. The highest BCUT2D eigenvalue weighted by Gasteiger charge is 2.26. The molecule has 0 amide bonds. The Kier molecular flexibility index (Phi) is 4.27. The van der Waals surface area contributed by atoms with Crippen LogP contribution in [-0.4, -0.2) is 37.6 Å². The summed E-state index contributed by atoms with van der Waals surface area (Å²) in [5.41, 5.74) is 7.28. The van der Waals surface area contributed by atoms with Crippen LogP contribution in [0.1, 0.15) is 17.6 Å². The first kappa shape index (κ1) is 14.2. The van der Waals surface area contributed by atoms with Crippen LogP contribution < -0.4 is 10.6 Å². The average molecular weight is 285 g/mol. The SMILES string of the molecule is Cc1ccc(C(CN)N2CCN(c3ccccc3)CC2)o1. The van der Waals surface area contributed by atoms with Gasteiger partial charge in [0, 0.05) is 38.4 Å². The van der Waals surface area contributed by atoms with Gasteiger partial charge < -0.3 is 15.1 Å². The molecule has 1 fully saturated rings. The lowest BCUT2D eigenvalue weighted by Gasteiger charge is -2.39. The van der Waals surface area contributed by atoms with E-state index in [1.54, 1.807) is 0 Å². The molecule has 1 saturated heterocycles. The number of hydrogen-bond donors (Lipinski definition) is 1. The first-order chi connectivity index (χ1) is 10.3. The van der Waals surface area contributed by atoms with Crippen LogP contribution in [0.3, 0.4) is 0 Å². The van der Waals surface area contributed by atoms with Gasteiger partial charge in [-0.3, -0.25) is 4.90 Å². The molecule has 1 aliphatic rings. The second kappa shape index (κ2) is 6.33. The molecule has 21 heavy (non-hydrogen) atoms. The summed E-state index contributed by atoms with van der Waals surface area (Å²) in [4.78, 5) is 4.86. The van der Waals surface area contributed by atoms with Crippen molar-refractivity contribution >= 4 is 5.69 Å². The van der Waals surface area contributed by atoms with Crippen molar-refractivity contribution in [1.82, 2.24) is 4.90 Å². The lowest BCUT2D eigenvalue weighted by atomic mass is 10.1. The minimum atomic E-state index is 0.191. The van der Waals surface area contributed by atoms with E-state index in [0.717, 1.165) is 37.7 Å². The number of piperazine rings is 1. The van der Waals surface area contributed by atoms with Gasteiger partial charge in [0.2, 0.25) is 0 Å². The number of furan rings is 1. The molecule has 0 aliphatic carbocycles. The van der Waals surface area contributed by atoms with E-state index < -0.39 is 0 Å². The number of para-hydroxylation sites is 1. The summed E-state index contributed by atoms with van der Waals surface area (Å²) in [6.45, 7) is 6.65. The minimum absolute atomic E-state index is 0.191. The first-order valence-corrected chi connectivity index (χ1v) is 7.58. The summed E-state index contributed by atoms with van der Waals surface area (Å²) in [5, 5.41) is 0. The minimum Gasteiger partial charge on any atom is -0.465 e. The van der Waals surface area contributed by atoms with E-state index in [2.05, 4.69) is 46.2 Å². The first-order valence-electron chi connectivity index (χ1n) is 7.58. The third-order valence-electron chi connectivity index (χ3n) is 4.19. The highest BCUT2D eigenvalue weighted by molar-refractivity contribution is 5.46. The van der Waals surface area contributed by atoms with Crippen molar-refractivity contribution in [3.8, 4) is 0 Å². The maximum atomic E-state index is 5.98. The van der Waals surface area contributed by atoms with E-state index in [1.165, 1.54) is 5.69 Å². The number of nitrogens with zero attached hydrogens (tertiary/aromatic N) is 2. The third-order valence-corrected chi connectivity index (χ3v) is 4.19. The van der Waals surface area contributed by atoms with Crippen LogP contribution in [0.15, 0.2) is 46.9 Å². The number of aryl methyl sites for hydroxylation is 1. The van der Waals surface area contributed by atoms with E-state index in [4.69, 9.17) is 10.2 Å². The van der Waals surface area contributed by atoms with Gasteiger partial charge in [-0.15, -0.1) is 0 Å². The van der Waals surface area contributed by atoms with E-state index in [0.29, 0.717) is 6.54 Å². The van der Waals surface area contributed by atoms with Gasteiger partial charge >= 0.3 is 0 Å². The molecule has 3 rings (SSSR count). The zero-order valence-electron chi connectivity index (χ0n) is 12.5. The lowest BCUT2D eigenvalue weighted by Crippen LogP contribution is -2.49. The summed E-state index contributed by atoms with van der Waals surface area (Å²) < 4.78 is 5.77. The Morgan fingerprint density at radius 1 is 1.05 bits per heavy atom. The molecule has 1 unspecified atom stereocenters. The van der Waals surface area contributed by atoms with Gasteiger partial charge in [0.25, 0.3) is 0 Å². The summed E-state index contributed by atoms with van der Waals surface area (Å²) >= 11 is 0. The van der Waals surface area contributed by atoms with Crippen LogP contribution in [0.5, 0.6) is 0 Å². The van der Waals surface area contributed by atoms with E-state index >= 15 is 0 Å². The molecular formula is C17H23N3O. The lowest BCUT2D eigenvalue weighted by molar-refractivity contribution is 0.168. The number of rotatable bonds is 4. The predicted octanol–water partition coefficient (Wildman–Crippen LogP) is 2.41. The van der Waals surface area contributed by atoms with E-state index in [1.807, 2.05) is 13.0 Å². The number of hydrogen-bond acceptors (Lipinski definition) is 4. The molecule has 2 N–H and O–H groups in total. The van der Waals surface area contributed by atoms with Gasteiger partial charge in [-0.1, -0.05) is 18.2 Å². The average Bonchev–Trinajstić information content (AvgIpc) is 2.96. The van der Waals surface area contributed by atoms with Gasteiger partial charge in [-0.2, -0.15) is 0 Å². The van der Waals surface area contributed by atoms with Gasteiger partial charge in [-0.25, -0.2) is 0 Å². The Morgan fingerprint density at radius 3 is 2.33 bits per heavy atom. The summed E-state index contributed by atoms with van der Waals surface area (Å²) in [7, 11) is 0. The van der Waals surface area contributed by atoms with Crippen LogP contribution in [0.4, 0.5) is 5.69 Å². The van der Waals surface area contributed by atoms with Crippen LogP contribution in [-0.2, 0) is 0 Å². The van der Waals surface area contributed by atoms with E-state index in [9.17, 15) is 0 Å². The molecule has 1 aromatic heterocycles. The molecule has 4 heteroatoms. The molecule has 1 atom stereocenters. The second-order valence-electron chi connectivity index (χ2n) is 5.56. The molecule has 0 radical (unpaired) electrons. The molecule has 0 spiro atoms. The highest BCUT2D eigenvalue weighted by atomic mass is 16.3. The third kappa shape index (κ3) is 3.12. The summed E-state index contributed by atoms with van der Waals surface area (Å²) in [5.74, 6) is 1.94. The van der Waals surface area contributed by atoms with Gasteiger partial charge in [-0.05, 0) is 31.2 Å². The molecule has 1 aromatic carbocycles. The molecule has 0 bridgehead atoms. The Morgan fingerprint density at radius 2 is 1.76 bits per heavy atom. The van der Waals surface area contributed by atoms with Crippen molar-refractivity contribution < 1.29 is 4.42 Å². The van der Waals surface area contributed by atoms with Crippen molar-refractivity contribution in [3.63, 3.8) is 0 Å². The molecule has 2 aromatic rings. The van der Waals surface area contributed by atoms with Crippen LogP contribution in [0.2, 0.25) is 0 Å². The normalized spacial score (nSPS) is 17.9. The smallest absolute Gasteiger partial charge is 0.122 e. The van der Waals surface area contributed by atoms with Crippen molar-refractivity contribution in [2.45, 2.75) is 13.0 Å². The Labute approximate surface area is 126 Å². The number of benzene rings is 1. The molecule has 2 heterocycles. The molecule has 112 valence electrons. The standard InChI is InChI=1S/C17H23N3O/c1-14-7-8-17(21-14)16(13-18)20-11-9-19(10-12-20)15-5-3-2-4-6-15/h2-8,16H,9-13,18H2,1H3. The van der Waals surface area contributed by atoms with Gasteiger partial charge in [0.1, 0.15) is 11.5 Å². The van der Waals surface area contributed by atoms with Crippen molar-refractivity contribution in [2.24, 2.45) is 5.73 Å². The molecule has 0 saturated carbocycles. The quantitative estimate of drug-likeness (QED) is 0.937. The monoisotopic (exact) mass is 285 g/mol. The van der Waals surface area contributed by atoms with E-state index in [-0.39, 0.29) is 6.04 Å². The fraction of sp³-hybridized carbons (Fsp3) is 0.412. The number of nitrogens with two attached hydrogens (primary N) is 1. The molecule has 1 aliphatic heterocycles. The fourth-order valence-electron chi connectivity index (χ4n) is 3.01. The zero-order valence-corrected chi connectivity index (χ0v) is 12.5. The zero-order chi connectivity index (χ0) is 14.7.